The fourth-order valence-electron chi connectivity index (χ4n) is 2.24. The molecule has 0 aromatic rings. The van der Waals surface area contributed by atoms with E-state index in [1.54, 1.807) is 7.05 Å². The van der Waals surface area contributed by atoms with E-state index in [1.165, 1.54) is 6.26 Å². The zero-order valence-electron chi connectivity index (χ0n) is 14.5. The molecule has 23 heavy (non-hydrogen) atoms. The minimum atomic E-state index is -2.92. The van der Waals surface area contributed by atoms with Crippen molar-refractivity contribution in [2.24, 2.45) is 10.9 Å². The van der Waals surface area contributed by atoms with Crippen LogP contribution < -0.4 is 10.6 Å². The first-order valence-electron chi connectivity index (χ1n) is 8.21. The Hall–Kier alpha value is -0.860. The summed E-state index contributed by atoms with van der Waals surface area (Å²) in [5.41, 5.74) is 0. The zero-order chi connectivity index (χ0) is 17.1. The number of nitrogens with one attached hydrogen (secondary N) is 2. The van der Waals surface area contributed by atoms with E-state index in [1.807, 2.05) is 6.92 Å². The van der Waals surface area contributed by atoms with Gasteiger partial charge in [-0.15, -0.1) is 0 Å². The van der Waals surface area contributed by atoms with E-state index < -0.39 is 9.84 Å². The molecule has 7 nitrogen and oxygen atoms in total. The Labute approximate surface area is 140 Å². The van der Waals surface area contributed by atoms with E-state index in [0.717, 1.165) is 39.2 Å². The number of aliphatic imine (C=N–C) groups is 1. The third kappa shape index (κ3) is 10.5. The monoisotopic (exact) mass is 349 g/mol. The number of hydrogen-bond acceptors (Lipinski definition) is 5. The van der Waals surface area contributed by atoms with Gasteiger partial charge in [-0.2, -0.15) is 0 Å². The van der Waals surface area contributed by atoms with Crippen LogP contribution in [-0.2, 0) is 19.3 Å². The molecule has 1 rings (SSSR count). The Kier molecular flexibility index (Phi) is 9.50. The normalized spacial score (nSPS) is 20.5. The number of nitrogens with zero attached hydrogens (tertiary/aromatic N) is 1. The Morgan fingerprint density at radius 3 is 2.87 bits per heavy atom. The van der Waals surface area contributed by atoms with E-state index in [0.29, 0.717) is 24.9 Å². The fraction of sp³-hybridized carbons (Fsp3) is 0.933. The molecular weight excluding hydrogens is 318 g/mol. The zero-order valence-corrected chi connectivity index (χ0v) is 15.3. The van der Waals surface area contributed by atoms with Crippen molar-refractivity contribution >= 4 is 15.8 Å². The molecule has 1 aliphatic rings. The first-order valence-corrected chi connectivity index (χ1v) is 10.3. The standard InChI is InChI=1S/C15H31N3O4S/c1-13(6-10-23(3,19)20)18-15(16-2)17-7-4-8-21-11-14-5-9-22-12-14/h13-14H,4-12H2,1-3H3,(H2,16,17,18). The molecule has 2 atom stereocenters. The van der Waals surface area contributed by atoms with Gasteiger partial charge in [0.1, 0.15) is 9.84 Å². The molecular formula is C15H31N3O4S. The van der Waals surface area contributed by atoms with E-state index >= 15 is 0 Å². The molecule has 0 amide bonds. The molecule has 0 bridgehead atoms. The van der Waals surface area contributed by atoms with Gasteiger partial charge in [0.2, 0.25) is 0 Å². The van der Waals surface area contributed by atoms with E-state index in [2.05, 4.69) is 15.6 Å². The highest BCUT2D eigenvalue weighted by Gasteiger charge is 2.15. The summed E-state index contributed by atoms with van der Waals surface area (Å²) in [6.45, 7) is 5.87. The van der Waals surface area contributed by atoms with Gasteiger partial charge in [0, 0.05) is 45.0 Å². The van der Waals surface area contributed by atoms with Crippen molar-refractivity contribution in [2.45, 2.75) is 32.2 Å². The number of rotatable bonds is 10. The summed E-state index contributed by atoms with van der Waals surface area (Å²) in [4.78, 5) is 4.14. The summed E-state index contributed by atoms with van der Waals surface area (Å²) in [7, 11) is -1.22. The van der Waals surface area contributed by atoms with Gasteiger partial charge in [-0.3, -0.25) is 4.99 Å². The molecule has 0 aromatic carbocycles. The first-order chi connectivity index (χ1) is 10.9. The smallest absolute Gasteiger partial charge is 0.191 e. The van der Waals surface area contributed by atoms with Crippen molar-refractivity contribution in [3.8, 4) is 0 Å². The van der Waals surface area contributed by atoms with Gasteiger partial charge in [0.25, 0.3) is 0 Å². The first kappa shape index (κ1) is 20.2. The summed E-state index contributed by atoms with van der Waals surface area (Å²) < 4.78 is 33.3. The highest BCUT2D eigenvalue weighted by Crippen LogP contribution is 2.12. The van der Waals surface area contributed by atoms with Crippen LogP contribution >= 0.6 is 0 Å². The molecule has 0 aromatic heterocycles. The van der Waals surface area contributed by atoms with Gasteiger partial charge in [0.05, 0.1) is 19.0 Å². The van der Waals surface area contributed by atoms with Crippen LogP contribution in [0.5, 0.6) is 0 Å². The third-order valence-corrected chi connectivity index (χ3v) is 4.64. The maximum Gasteiger partial charge on any atom is 0.191 e. The minimum absolute atomic E-state index is 0.0505. The van der Waals surface area contributed by atoms with Crippen LogP contribution in [0.15, 0.2) is 4.99 Å². The summed E-state index contributed by atoms with van der Waals surface area (Å²) in [6, 6.07) is 0.0505. The van der Waals surface area contributed by atoms with E-state index in [4.69, 9.17) is 9.47 Å². The lowest BCUT2D eigenvalue weighted by Gasteiger charge is -2.17. The third-order valence-electron chi connectivity index (χ3n) is 3.66. The van der Waals surface area contributed by atoms with Crippen LogP contribution in [-0.4, -0.2) is 72.4 Å². The van der Waals surface area contributed by atoms with E-state index in [9.17, 15) is 8.42 Å². The molecule has 0 saturated carbocycles. The van der Waals surface area contributed by atoms with Crippen molar-refractivity contribution in [2.75, 3.05) is 52.0 Å². The minimum Gasteiger partial charge on any atom is -0.381 e. The molecule has 2 N–H and O–H groups in total. The average Bonchev–Trinajstić information content (AvgIpc) is 3.00. The van der Waals surface area contributed by atoms with Crippen LogP contribution in [0.1, 0.15) is 26.2 Å². The second-order valence-electron chi connectivity index (χ2n) is 6.12. The van der Waals surface area contributed by atoms with Gasteiger partial charge in [0.15, 0.2) is 5.96 Å². The van der Waals surface area contributed by atoms with Crippen molar-refractivity contribution in [1.82, 2.24) is 10.6 Å². The maximum atomic E-state index is 11.2. The summed E-state index contributed by atoms with van der Waals surface area (Å²) >= 11 is 0. The molecule has 8 heteroatoms. The van der Waals surface area contributed by atoms with Crippen LogP contribution in [0.2, 0.25) is 0 Å². The molecule has 1 heterocycles. The molecule has 0 spiro atoms. The fourth-order valence-corrected chi connectivity index (χ4v) is 3.02. The number of sulfone groups is 1. The lowest BCUT2D eigenvalue weighted by atomic mass is 10.1. The largest absolute Gasteiger partial charge is 0.381 e. The van der Waals surface area contributed by atoms with Crippen LogP contribution in [0.25, 0.3) is 0 Å². The summed E-state index contributed by atoms with van der Waals surface area (Å²) in [5, 5.41) is 6.40. The van der Waals surface area contributed by atoms with Crippen molar-refractivity contribution in [1.29, 1.82) is 0 Å². The predicted octanol–water partition coefficient (Wildman–Crippen LogP) is 0.418. The van der Waals surface area contributed by atoms with Crippen molar-refractivity contribution in [3.63, 3.8) is 0 Å². The Bertz CT molecular complexity index is 448. The molecule has 1 fully saturated rings. The topological polar surface area (TPSA) is 89.0 Å². The lowest BCUT2D eigenvalue weighted by Crippen LogP contribution is -2.43. The van der Waals surface area contributed by atoms with Gasteiger partial charge in [-0.25, -0.2) is 8.42 Å². The molecule has 0 aliphatic carbocycles. The van der Waals surface area contributed by atoms with Gasteiger partial charge >= 0.3 is 0 Å². The highest BCUT2D eigenvalue weighted by atomic mass is 32.2. The van der Waals surface area contributed by atoms with Crippen molar-refractivity contribution < 1.29 is 17.9 Å². The Morgan fingerprint density at radius 1 is 1.48 bits per heavy atom. The molecule has 0 radical (unpaired) electrons. The SMILES string of the molecule is CN=C(NCCCOCC1CCOC1)NC(C)CCS(C)(=O)=O. The van der Waals surface area contributed by atoms with Crippen molar-refractivity contribution in [3.05, 3.63) is 0 Å². The summed E-state index contributed by atoms with van der Waals surface area (Å²) in [6.07, 6.45) is 3.81. The average molecular weight is 349 g/mol. The number of guanidine groups is 1. The molecule has 2 unspecified atom stereocenters. The Morgan fingerprint density at radius 2 is 2.26 bits per heavy atom. The second-order valence-corrected chi connectivity index (χ2v) is 8.38. The van der Waals surface area contributed by atoms with E-state index in [-0.39, 0.29) is 11.8 Å². The summed E-state index contributed by atoms with van der Waals surface area (Å²) in [5.74, 6) is 1.42. The second kappa shape index (κ2) is 10.8. The van der Waals surface area contributed by atoms with Gasteiger partial charge in [-0.1, -0.05) is 0 Å². The van der Waals surface area contributed by atoms with Crippen LogP contribution in [0, 0.1) is 5.92 Å². The predicted molar refractivity (Wildman–Crippen MR) is 92.6 cm³/mol. The molecule has 1 aliphatic heterocycles. The molecule has 136 valence electrons. The Balaban J connectivity index is 2.06. The maximum absolute atomic E-state index is 11.2. The lowest BCUT2D eigenvalue weighted by molar-refractivity contribution is 0.0888. The van der Waals surface area contributed by atoms with Crippen LogP contribution in [0.3, 0.4) is 0 Å². The molecule has 1 saturated heterocycles. The van der Waals surface area contributed by atoms with Crippen LogP contribution in [0.4, 0.5) is 0 Å². The van der Waals surface area contributed by atoms with Gasteiger partial charge in [-0.05, 0) is 26.2 Å². The van der Waals surface area contributed by atoms with Gasteiger partial charge < -0.3 is 20.1 Å². The number of ether oxygens (including phenoxy) is 2. The quantitative estimate of drug-likeness (QED) is 0.337. The number of hydrogen-bond donors (Lipinski definition) is 2. The highest BCUT2D eigenvalue weighted by molar-refractivity contribution is 7.90.